The molecule has 0 aromatic carbocycles. The van der Waals surface area contributed by atoms with Crippen molar-refractivity contribution in [1.29, 1.82) is 0 Å². The van der Waals surface area contributed by atoms with E-state index >= 15 is 0 Å². The number of anilines is 1. The van der Waals surface area contributed by atoms with E-state index < -0.39 is 5.91 Å². The van der Waals surface area contributed by atoms with Gasteiger partial charge in [0.25, 0.3) is 0 Å². The van der Waals surface area contributed by atoms with Crippen LogP contribution in [0.2, 0.25) is 10.4 Å². The number of hydrogen-bond donors (Lipinski definition) is 2. The third kappa shape index (κ3) is 3.31. The Morgan fingerprint density at radius 3 is 2.79 bits per heavy atom. The molecule has 0 aliphatic rings. The quantitative estimate of drug-likeness (QED) is 0.792. The number of amides is 1. The lowest BCUT2D eigenvalue weighted by molar-refractivity contribution is -0.117. The number of halogens is 2. The second kappa shape index (κ2) is 4.92. The lowest BCUT2D eigenvalue weighted by Gasteiger charge is -2.04. The zero-order chi connectivity index (χ0) is 10.6. The van der Waals surface area contributed by atoms with Crippen molar-refractivity contribution in [2.45, 2.75) is 6.42 Å². The van der Waals surface area contributed by atoms with E-state index in [0.29, 0.717) is 6.54 Å². The Labute approximate surface area is 89.8 Å². The number of carbonyl (C=O) groups excluding carboxylic acids is 1. The summed E-state index contributed by atoms with van der Waals surface area (Å²) in [6, 6.07) is 0. The Morgan fingerprint density at radius 2 is 2.14 bits per heavy atom. The molecule has 0 radical (unpaired) electrons. The second-order valence-electron chi connectivity index (χ2n) is 2.36. The van der Waals surface area contributed by atoms with Gasteiger partial charge in [0.15, 0.2) is 11.0 Å². The zero-order valence-electron chi connectivity index (χ0n) is 7.00. The molecule has 8 heteroatoms. The van der Waals surface area contributed by atoms with Gasteiger partial charge in [-0.3, -0.25) is 4.79 Å². The summed E-state index contributed by atoms with van der Waals surface area (Å²) in [5.74, 6) is -0.130. The standard InChI is InChI=1S/C6H7Cl2N5O/c7-4-5(10-2-1-3(9)14)11-6(8)13-12-4/h1-2H2,(H2,9,14)(H,10,11,13). The lowest BCUT2D eigenvalue weighted by Crippen LogP contribution is -2.16. The molecule has 14 heavy (non-hydrogen) atoms. The van der Waals surface area contributed by atoms with Gasteiger partial charge in [0.2, 0.25) is 11.2 Å². The number of hydrogen-bond acceptors (Lipinski definition) is 5. The third-order valence-electron chi connectivity index (χ3n) is 1.28. The van der Waals surface area contributed by atoms with Crippen molar-refractivity contribution in [3.63, 3.8) is 0 Å². The van der Waals surface area contributed by atoms with Crippen LogP contribution in [-0.2, 0) is 4.79 Å². The van der Waals surface area contributed by atoms with E-state index in [4.69, 9.17) is 28.9 Å². The van der Waals surface area contributed by atoms with Crippen molar-refractivity contribution in [2.75, 3.05) is 11.9 Å². The maximum absolute atomic E-state index is 10.4. The predicted octanol–water partition coefficient (Wildman–Crippen LogP) is 0.466. The summed E-state index contributed by atoms with van der Waals surface area (Å²) in [5, 5.41) is 9.77. The van der Waals surface area contributed by atoms with E-state index in [0.717, 1.165) is 0 Å². The number of nitrogens with two attached hydrogens (primary N) is 1. The molecule has 0 aliphatic carbocycles. The fraction of sp³-hybridized carbons (Fsp3) is 0.333. The summed E-state index contributed by atoms with van der Waals surface area (Å²) >= 11 is 11.1. The fourth-order valence-corrected chi connectivity index (χ4v) is 0.979. The van der Waals surface area contributed by atoms with E-state index in [1.165, 1.54) is 0 Å². The van der Waals surface area contributed by atoms with Crippen LogP contribution in [0.25, 0.3) is 0 Å². The average Bonchev–Trinajstić information content (AvgIpc) is 2.10. The summed E-state index contributed by atoms with van der Waals surface area (Å²) in [6.45, 7) is 0.323. The van der Waals surface area contributed by atoms with Crippen molar-refractivity contribution in [2.24, 2.45) is 5.73 Å². The molecule has 76 valence electrons. The SMILES string of the molecule is NC(=O)CCNc1nc(Cl)nnc1Cl. The van der Waals surface area contributed by atoms with Crippen LogP contribution in [0.15, 0.2) is 0 Å². The van der Waals surface area contributed by atoms with Crippen LogP contribution in [0.5, 0.6) is 0 Å². The van der Waals surface area contributed by atoms with Crippen molar-refractivity contribution in [1.82, 2.24) is 15.2 Å². The van der Waals surface area contributed by atoms with E-state index in [1.807, 2.05) is 0 Å². The van der Waals surface area contributed by atoms with Crippen LogP contribution >= 0.6 is 23.2 Å². The maximum atomic E-state index is 10.4. The summed E-state index contributed by atoms with van der Waals surface area (Å²) in [4.78, 5) is 14.2. The molecule has 0 fully saturated rings. The Balaban J connectivity index is 2.57. The molecule has 0 saturated heterocycles. The van der Waals surface area contributed by atoms with Crippen LogP contribution in [0.3, 0.4) is 0 Å². The van der Waals surface area contributed by atoms with E-state index in [2.05, 4.69) is 20.5 Å². The molecular formula is C6H7Cl2N5O. The smallest absolute Gasteiger partial charge is 0.245 e. The molecule has 1 heterocycles. The number of carbonyl (C=O) groups is 1. The van der Waals surface area contributed by atoms with Gasteiger partial charge < -0.3 is 11.1 Å². The highest BCUT2D eigenvalue weighted by atomic mass is 35.5. The lowest BCUT2D eigenvalue weighted by atomic mass is 10.4. The molecule has 0 unspecified atom stereocenters. The molecule has 1 aromatic heterocycles. The molecule has 1 amide bonds. The monoisotopic (exact) mass is 235 g/mol. The van der Waals surface area contributed by atoms with Gasteiger partial charge in [-0.1, -0.05) is 11.6 Å². The van der Waals surface area contributed by atoms with E-state index in [1.54, 1.807) is 0 Å². The van der Waals surface area contributed by atoms with Crippen LogP contribution in [0, 0.1) is 0 Å². The molecule has 0 aliphatic heterocycles. The van der Waals surface area contributed by atoms with Crippen LogP contribution < -0.4 is 11.1 Å². The minimum Gasteiger partial charge on any atom is -0.370 e. The minimum atomic E-state index is -0.415. The minimum absolute atomic E-state index is 0.0176. The normalized spacial score (nSPS) is 9.86. The number of aromatic nitrogens is 3. The highest BCUT2D eigenvalue weighted by Crippen LogP contribution is 2.15. The van der Waals surface area contributed by atoms with E-state index in [-0.39, 0.29) is 22.7 Å². The molecule has 1 aromatic rings. The number of primary amides is 1. The Kier molecular flexibility index (Phi) is 3.84. The first kappa shape index (κ1) is 10.9. The second-order valence-corrected chi connectivity index (χ2v) is 3.06. The van der Waals surface area contributed by atoms with Gasteiger partial charge in [-0.05, 0) is 11.6 Å². The van der Waals surface area contributed by atoms with Crippen molar-refractivity contribution in [3.05, 3.63) is 10.4 Å². The van der Waals surface area contributed by atoms with Crippen LogP contribution in [0.4, 0.5) is 5.82 Å². The number of nitrogens with zero attached hydrogens (tertiary/aromatic N) is 3. The van der Waals surface area contributed by atoms with Crippen LogP contribution in [0.1, 0.15) is 6.42 Å². The summed E-state index contributed by atoms with van der Waals surface area (Å²) in [7, 11) is 0. The summed E-state index contributed by atoms with van der Waals surface area (Å²) < 4.78 is 0. The first-order chi connectivity index (χ1) is 6.59. The highest BCUT2D eigenvalue weighted by Gasteiger charge is 2.05. The van der Waals surface area contributed by atoms with Gasteiger partial charge >= 0.3 is 0 Å². The van der Waals surface area contributed by atoms with Crippen molar-refractivity contribution < 1.29 is 4.79 Å². The largest absolute Gasteiger partial charge is 0.370 e. The molecule has 1 rings (SSSR count). The first-order valence-electron chi connectivity index (χ1n) is 3.67. The predicted molar refractivity (Wildman–Crippen MR) is 52.1 cm³/mol. The Morgan fingerprint density at radius 1 is 1.43 bits per heavy atom. The first-order valence-corrected chi connectivity index (χ1v) is 4.43. The highest BCUT2D eigenvalue weighted by molar-refractivity contribution is 6.32. The van der Waals surface area contributed by atoms with Crippen molar-refractivity contribution in [3.8, 4) is 0 Å². The molecular weight excluding hydrogens is 229 g/mol. The molecule has 0 saturated carbocycles. The van der Waals surface area contributed by atoms with Gasteiger partial charge in [0.05, 0.1) is 0 Å². The van der Waals surface area contributed by atoms with Gasteiger partial charge in [-0.2, -0.15) is 4.98 Å². The Bertz CT molecular complexity index is 345. The van der Waals surface area contributed by atoms with Crippen molar-refractivity contribution >= 4 is 34.9 Å². The molecule has 6 nitrogen and oxygen atoms in total. The molecule has 0 bridgehead atoms. The molecule has 3 N–H and O–H groups in total. The third-order valence-corrected chi connectivity index (χ3v) is 1.70. The van der Waals surface area contributed by atoms with E-state index in [9.17, 15) is 4.79 Å². The molecule has 0 spiro atoms. The van der Waals surface area contributed by atoms with Gasteiger partial charge in [0.1, 0.15) is 0 Å². The maximum Gasteiger partial charge on any atom is 0.245 e. The summed E-state index contributed by atoms with van der Waals surface area (Å²) in [6.07, 6.45) is 0.179. The Hall–Kier alpha value is -1.14. The van der Waals surface area contributed by atoms with Gasteiger partial charge in [0, 0.05) is 13.0 Å². The molecule has 0 atom stereocenters. The topological polar surface area (TPSA) is 93.8 Å². The average molecular weight is 236 g/mol. The fourth-order valence-electron chi connectivity index (χ4n) is 0.710. The van der Waals surface area contributed by atoms with Gasteiger partial charge in [-0.25, -0.2) is 0 Å². The zero-order valence-corrected chi connectivity index (χ0v) is 8.51. The number of rotatable bonds is 4. The van der Waals surface area contributed by atoms with Crippen LogP contribution in [-0.4, -0.2) is 27.6 Å². The number of nitrogens with one attached hydrogen (secondary N) is 1. The van der Waals surface area contributed by atoms with Gasteiger partial charge in [-0.15, -0.1) is 10.2 Å². The summed E-state index contributed by atoms with van der Waals surface area (Å²) in [5.41, 5.74) is 4.94.